The first kappa shape index (κ1) is 16.0. The van der Waals surface area contributed by atoms with Crippen molar-refractivity contribution in [2.45, 2.75) is 18.3 Å². The van der Waals surface area contributed by atoms with E-state index in [2.05, 4.69) is 25.6 Å². The Bertz CT molecular complexity index is 1140. The molecule has 0 aliphatic heterocycles. The van der Waals surface area contributed by atoms with Crippen LogP contribution >= 0.6 is 11.6 Å². The maximum atomic E-state index is 9.57. The van der Waals surface area contributed by atoms with Gasteiger partial charge in [-0.25, -0.2) is 4.98 Å². The summed E-state index contributed by atoms with van der Waals surface area (Å²) in [6.45, 7) is 0. The lowest BCUT2D eigenvalue weighted by atomic mass is 9.95. The van der Waals surface area contributed by atoms with E-state index < -0.39 is 0 Å². The monoisotopic (exact) mass is 378 g/mol. The smallest absolute Gasteiger partial charge is 0.178 e. The van der Waals surface area contributed by atoms with Gasteiger partial charge in [-0.1, -0.05) is 23.7 Å². The Labute approximate surface area is 159 Å². The number of rotatable bonds is 4. The number of phenols is 1. The molecule has 1 saturated carbocycles. The van der Waals surface area contributed by atoms with Gasteiger partial charge in [0.05, 0.1) is 5.41 Å². The molecule has 134 valence electrons. The van der Waals surface area contributed by atoms with Gasteiger partial charge >= 0.3 is 0 Å². The minimum atomic E-state index is -0.210. The van der Waals surface area contributed by atoms with Crippen molar-refractivity contribution in [3.63, 3.8) is 0 Å². The molecule has 1 fully saturated rings. The number of aromatic hydroxyl groups is 1. The number of hydrogen-bond donors (Lipinski definition) is 2. The largest absolute Gasteiger partial charge is 0.508 e. The number of fused-ring (bicyclic) bond motifs is 1. The molecule has 1 aliphatic rings. The van der Waals surface area contributed by atoms with Crippen molar-refractivity contribution >= 4 is 28.8 Å². The second kappa shape index (κ2) is 5.92. The quantitative estimate of drug-likeness (QED) is 0.526. The zero-order valence-electron chi connectivity index (χ0n) is 14.2. The summed E-state index contributed by atoms with van der Waals surface area (Å²) in [5.74, 6) is 1.72. The fourth-order valence-electron chi connectivity index (χ4n) is 3.33. The van der Waals surface area contributed by atoms with Crippen LogP contribution in [0.25, 0.3) is 5.65 Å². The molecular formula is C19H15ClN6O. The molecule has 2 N–H and O–H groups in total. The van der Waals surface area contributed by atoms with Gasteiger partial charge < -0.3 is 10.4 Å². The maximum Gasteiger partial charge on any atom is 0.178 e. The molecule has 0 atom stereocenters. The average Bonchev–Trinajstić information content (AvgIpc) is 3.35. The Morgan fingerprint density at radius 2 is 1.85 bits per heavy atom. The summed E-state index contributed by atoms with van der Waals surface area (Å²) in [5.41, 5.74) is 2.39. The van der Waals surface area contributed by atoms with Crippen LogP contribution < -0.4 is 5.32 Å². The van der Waals surface area contributed by atoms with E-state index >= 15 is 0 Å². The number of halogens is 1. The molecule has 0 unspecified atom stereocenters. The summed E-state index contributed by atoms with van der Waals surface area (Å²) < 4.78 is 1.78. The summed E-state index contributed by atoms with van der Waals surface area (Å²) in [4.78, 5) is 3.98. The first-order chi connectivity index (χ1) is 13.1. The van der Waals surface area contributed by atoms with Gasteiger partial charge in [-0.15, -0.1) is 15.3 Å². The highest BCUT2D eigenvalue weighted by atomic mass is 35.5. The van der Waals surface area contributed by atoms with Crippen LogP contribution in [0.2, 0.25) is 5.15 Å². The van der Waals surface area contributed by atoms with Gasteiger partial charge in [0, 0.05) is 11.9 Å². The normalized spacial score (nSPS) is 15.0. The summed E-state index contributed by atoms with van der Waals surface area (Å²) in [6, 6.07) is 14.6. The van der Waals surface area contributed by atoms with Gasteiger partial charge in [0.2, 0.25) is 0 Å². The number of aromatic nitrogens is 5. The van der Waals surface area contributed by atoms with Gasteiger partial charge in [0.1, 0.15) is 10.9 Å². The van der Waals surface area contributed by atoms with Crippen molar-refractivity contribution in [1.82, 2.24) is 24.8 Å². The Balaban J connectivity index is 1.55. The molecule has 3 aromatic heterocycles. The van der Waals surface area contributed by atoms with Crippen molar-refractivity contribution in [1.29, 1.82) is 0 Å². The number of pyridine rings is 1. The molecule has 0 bridgehead atoms. The Morgan fingerprint density at radius 3 is 2.59 bits per heavy atom. The third-order valence-electron chi connectivity index (χ3n) is 4.86. The third kappa shape index (κ3) is 2.76. The highest BCUT2D eigenvalue weighted by Gasteiger charge is 2.50. The van der Waals surface area contributed by atoms with Crippen molar-refractivity contribution in [3.8, 4) is 5.75 Å². The Hall–Kier alpha value is -3.19. The summed E-state index contributed by atoms with van der Waals surface area (Å²) >= 11 is 5.95. The third-order valence-corrected chi connectivity index (χ3v) is 5.07. The van der Waals surface area contributed by atoms with Crippen molar-refractivity contribution < 1.29 is 5.11 Å². The number of phenolic OH excluding ortho intramolecular Hbond substituents is 1. The van der Waals surface area contributed by atoms with Crippen LogP contribution in [0.3, 0.4) is 0 Å². The Kier molecular flexibility index (Phi) is 3.51. The number of hydrogen-bond acceptors (Lipinski definition) is 6. The SMILES string of the molecule is Oc1ccc(C2(c3nnc4ccc(Nc5ccnc(Cl)c5)nn34)CC2)cc1. The first-order valence-corrected chi connectivity index (χ1v) is 8.93. The number of nitrogens with one attached hydrogen (secondary N) is 1. The van der Waals surface area contributed by atoms with E-state index in [1.807, 2.05) is 30.3 Å². The summed E-state index contributed by atoms with van der Waals surface area (Å²) in [5, 5.41) is 26.6. The first-order valence-electron chi connectivity index (χ1n) is 8.55. The fourth-order valence-corrected chi connectivity index (χ4v) is 3.50. The van der Waals surface area contributed by atoms with Gasteiger partial charge in [-0.3, -0.25) is 0 Å². The lowest BCUT2D eigenvalue weighted by Gasteiger charge is -2.14. The number of nitrogens with zero attached hydrogens (tertiary/aromatic N) is 5. The maximum absolute atomic E-state index is 9.57. The molecule has 0 spiro atoms. The fraction of sp³-hybridized carbons (Fsp3) is 0.158. The van der Waals surface area contributed by atoms with Crippen LogP contribution in [0.4, 0.5) is 11.5 Å². The van der Waals surface area contributed by atoms with Crippen LogP contribution in [-0.4, -0.2) is 29.9 Å². The lowest BCUT2D eigenvalue weighted by Crippen LogP contribution is -2.15. The van der Waals surface area contributed by atoms with Crippen molar-refractivity contribution in [2.75, 3.05) is 5.32 Å². The molecule has 0 saturated heterocycles. The molecule has 0 radical (unpaired) electrons. The van der Waals surface area contributed by atoms with E-state index in [-0.39, 0.29) is 11.2 Å². The van der Waals surface area contributed by atoms with Gasteiger partial charge in [0.15, 0.2) is 17.3 Å². The average molecular weight is 379 g/mol. The summed E-state index contributed by atoms with van der Waals surface area (Å²) in [6.07, 6.45) is 3.58. The van der Waals surface area contributed by atoms with Crippen LogP contribution in [0.15, 0.2) is 54.7 Å². The van der Waals surface area contributed by atoms with Gasteiger partial charge in [-0.05, 0) is 54.8 Å². The minimum absolute atomic E-state index is 0.210. The number of anilines is 2. The van der Waals surface area contributed by atoms with Crippen molar-refractivity contribution in [2.24, 2.45) is 0 Å². The zero-order valence-corrected chi connectivity index (χ0v) is 14.9. The molecule has 8 heteroatoms. The zero-order chi connectivity index (χ0) is 18.4. The minimum Gasteiger partial charge on any atom is -0.508 e. The molecule has 1 aliphatic carbocycles. The summed E-state index contributed by atoms with van der Waals surface area (Å²) in [7, 11) is 0. The molecule has 4 aromatic rings. The molecule has 5 rings (SSSR count). The lowest BCUT2D eigenvalue weighted by molar-refractivity contribution is 0.475. The van der Waals surface area contributed by atoms with Crippen LogP contribution in [0.1, 0.15) is 24.2 Å². The second-order valence-corrected chi connectivity index (χ2v) is 7.02. The molecule has 1 aromatic carbocycles. The van der Waals surface area contributed by atoms with E-state index in [0.717, 1.165) is 29.9 Å². The molecule has 7 nitrogen and oxygen atoms in total. The predicted molar refractivity (Wildman–Crippen MR) is 101 cm³/mol. The van der Waals surface area contributed by atoms with E-state index in [1.54, 1.807) is 28.9 Å². The highest BCUT2D eigenvalue weighted by Crippen LogP contribution is 2.52. The molecular weight excluding hydrogens is 364 g/mol. The van der Waals surface area contributed by atoms with E-state index in [0.29, 0.717) is 16.6 Å². The van der Waals surface area contributed by atoms with Gasteiger partial charge in [0.25, 0.3) is 0 Å². The van der Waals surface area contributed by atoms with E-state index in [9.17, 15) is 5.11 Å². The second-order valence-electron chi connectivity index (χ2n) is 6.63. The van der Waals surface area contributed by atoms with Gasteiger partial charge in [-0.2, -0.15) is 4.52 Å². The molecule has 0 amide bonds. The predicted octanol–water partition coefficient (Wildman–Crippen LogP) is 3.70. The van der Waals surface area contributed by atoms with E-state index in [4.69, 9.17) is 11.6 Å². The molecule has 27 heavy (non-hydrogen) atoms. The number of benzene rings is 1. The van der Waals surface area contributed by atoms with Crippen LogP contribution in [0, 0.1) is 0 Å². The van der Waals surface area contributed by atoms with Crippen LogP contribution in [-0.2, 0) is 5.41 Å². The Morgan fingerprint density at radius 1 is 1.04 bits per heavy atom. The highest BCUT2D eigenvalue weighted by molar-refractivity contribution is 6.29. The molecule has 3 heterocycles. The topological polar surface area (TPSA) is 88.2 Å². The standard InChI is InChI=1S/C19H15ClN6O/c20-15-11-13(7-10-21-15)22-16-5-6-17-23-24-18(26(17)25-16)19(8-9-19)12-1-3-14(27)4-2-12/h1-7,10-11,27H,8-9H2,(H,21,22,25). The van der Waals surface area contributed by atoms with Crippen LogP contribution in [0.5, 0.6) is 5.75 Å². The van der Waals surface area contributed by atoms with Crippen molar-refractivity contribution in [3.05, 3.63) is 71.3 Å². The van der Waals surface area contributed by atoms with E-state index in [1.165, 1.54) is 0 Å².